The van der Waals surface area contributed by atoms with E-state index in [1.54, 1.807) is 24.2 Å². The van der Waals surface area contributed by atoms with E-state index < -0.39 is 0 Å². The second kappa shape index (κ2) is 6.13. The minimum atomic E-state index is 0.0525. The molecule has 0 saturated carbocycles. The number of carbonyl (C=O) groups excluding carboxylic acids is 1. The first-order chi connectivity index (χ1) is 9.81. The van der Waals surface area contributed by atoms with E-state index in [9.17, 15) is 4.79 Å². The summed E-state index contributed by atoms with van der Waals surface area (Å²) >= 11 is 1.60. The largest absolute Gasteiger partial charge is 0.351 e. The lowest BCUT2D eigenvalue weighted by Crippen LogP contribution is -2.24. The molecule has 1 amide bonds. The quantitative estimate of drug-likeness (QED) is 0.830. The van der Waals surface area contributed by atoms with Gasteiger partial charge >= 0.3 is 0 Å². The third-order valence-electron chi connectivity index (χ3n) is 3.48. The molecule has 0 unspecified atom stereocenters. The molecular weight excluding hydrogens is 270 g/mol. The number of nitrogens with one attached hydrogen (secondary N) is 2. The van der Waals surface area contributed by atoms with E-state index in [-0.39, 0.29) is 5.91 Å². The lowest BCUT2D eigenvalue weighted by atomic mass is 10.1. The van der Waals surface area contributed by atoms with Crippen LogP contribution in [0.4, 0.5) is 0 Å². The van der Waals surface area contributed by atoms with Crippen LogP contribution in [-0.2, 0) is 24.2 Å². The van der Waals surface area contributed by atoms with Crippen molar-refractivity contribution in [1.29, 1.82) is 0 Å². The van der Waals surface area contributed by atoms with Crippen molar-refractivity contribution in [1.82, 2.24) is 15.5 Å². The molecule has 5 heteroatoms. The van der Waals surface area contributed by atoms with E-state index in [0.29, 0.717) is 12.3 Å². The van der Waals surface area contributed by atoms with Crippen molar-refractivity contribution in [2.45, 2.75) is 30.7 Å². The number of fused-ring (bicyclic) bond motifs is 1. The number of aryl methyl sites for hydroxylation is 2. The van der Waals surface area contributed by atoms with E-state index >= 15 is 0 Å². The first-order valence-electron chi connectivity index (χ1n) is 6.80. The van der Waals surface area contributed by atoms with Crippen molar-refractivity contribution in [3.63, 3.8) is 0 Å². The maximum Gasteiger partial charge on any atom is 0.230 e. The summed E-state index contributed by atoms with van der Waals surface area (Å²) in [6.07, 6.45) is 7.14. The first-order valence-corrected chi connectivity index (χ1v) is 7.79. The second-order valence-electron chi connectivity index (χ2n) is 4.96. The molecule has 1 aliphatic rings. The van der Waals surface area contributed by atoms with Gasteiger partial charge in [-0.1, -0.05) is 6.07 Å². The summed E-state index contributed by atoms with van der Waals surface area (Å²) < 4.78 is 0. The number of amides is 1. The highest BCUT2D eigenvalue weighted by molar-refractivity contribution is 8.00. The Morgan fingerprint density at radius 2 is 2.25 bits per heavy atom. The lowest BCUT2D eigenvalue weighted by Gasteiger charge is -2.05. The van der Waals surface area contributed by atoms with Crippen molar-refractivity contribution in [3.05, 3.63) is 47.3 Å². The number of thioether (sulfide) groups is 1. The van der Waals surface area contributed by atoms with Crippen LogP contribution in [0.3, 0.4) is 0 Å². The summed E-state index contributed by atoms with van der Waals surface area (Å²) in [6.45, 7) is 0.528. The molecule has 3 rings (SSSR count). The molecule has 1 aromatic carbocycles. The van der Waals surface area contributed by atoms with Gasteiger partial charge in [0, 0.05) is 23.2 Å². The van der Waals surface area contributed by atoms with Crippen LogP contribution in [-0.4, -0.2) is 21.9 Å². The topological polar surface area (TPSA) is 57.8 Å². The monoisotopic (exact) mass is 287 g/mol. The highest BCUT2D eigenvalue weighted by Gasteiger charge is 2.11. The smallest absolute Gasteiger partial charge is 0.230 e. The van der Waals surface area contributed by atoms with Gasteiger partial charge in [0.1, 0.15) is 0 Å². The molecule has 1 aromatic heterocycles. The maximum absolute atomic E-state index is 11.8. The third-order valence-corrected chi connectivity index (χ3v) is 4.48. The van der Waals surface area contributed by atoms with Crippen molar-refractivity contribution >= 4 is 17.7 Å². The molecule has 0 atom stereocenters. The Balaban J connectivity index is 1.48. The Morgan fingerprint density at radius 1 is 1.35 bits per heavy atom. The predicted molar refractivity (Wildman–Crippen MR) is 79.6 cm³/mol. The molecule has 0 radical (unpaired) electrons. The molecule has 2 N–H and O–H groups in total. The highest BCUT2D eigenvalue weighted by atomic mass is 32.2. The zero-order chi connectivity index (χ0) is 13.8. The van der Waals surface area contributed by atoms with Crippen LogP contribution in [0.1, 0.15) is 23.1 Å². The number of rotatable bonds is 5. The molecule has 0 spiro atoms. The fourth-order valence-electron chi connectivity index (χ4n) is 2.41. The molecule has 4 nitrogen and oxygen atoms in total. The van der Waals surface area contributed by atoms with E-state index in [4.69, 9.17) is 0 Å². The van der Waals surface area contributed by atoms with Gasteiger partial charge in [0.05, 0.1) is 11.9 Å². The summed E-state index contributed by atoms with van der Waals surface area (Å²) in [5, 5.41) is 9.46. The molecule has 2 aromatic rings. The number of aromatic nitrogens is 2. The zero-order valence-electron chi connectivity index (χ0n) is 11.2. The fraction of sp³-hybridized carbons (Fsp3) is 0.333. The molecule has 0 saturated heterocycles. The van der Waals surface area contributed by atoms with Crippen LogP contribution in [0.5, 0.6) is 0 Å². The van der Waals surface area contributed by atoms with E-state index in [1.807, 2.05) is 0 Å². The van der Waals surface area contributed by atoms with Crippen molar-refractivity contribution in [2.75, 3.05) is 5.75 Å². The van der Waals surface area contributed by atoms with E-state index in [0.717, 1.165) is 5.56 Å². The Morgan fingerprint density at radius 3 is 3.10 bits per heavy atom. The van der Waals surface area contributed by atoms with Gasteiger partial charge in [-0.15, -0.1) is 11.8 Å². The fourth-order valence-corrected chi connectivity index (χ4v) is 3.20. The first kappa shape index (κ1) is 13.2. The van der Waals surface area contributed by atoms with Crippen molar-refractivity contribution in [3.8, 4) is 0 Å². The van der Waals surface area contributed by atoms with Gasteiger partial charge in [-0.2, -0.15) is 5.10 Å². The number of carbonyl (C=O) groups is 1. The minimum Gasteiger partial charge on any atom is -0.351 e. The van der Waals surface area contributed by atoms with Gasteiger partial charge in [0.25, 0.3) is 0 Å². The molecule has 1 aliphatic carbocycles. The summed E-state index contributed by atoms with van der Waals surface area (Å²) in [7, 11) is 0. The molecule has 104 valence electrons. The number of hydrogen-bond donors (Lipinski definition) is 2. The van der Waals surface area contributed by atoms with Crippen LogP contribution in [0.25, 0.3) is 0 Å². The summed E-state index contributed by atoms with van der Waals surface area (Å²) in [5.74, 6) is 0.507. The molecule has 0 fully saturated rings. The van der Waals surface area contributed by atoms with Gasteiger partial charge in [-0.05, 0) is 42.5 Å². The summed E-state index contributed by atoms with van der Waals surface area (Å²) in [5.41, 5.74) is 3.91. The van der Waals surface area contributed by atoms with Crippen LogP contribution in [0.15, 0.2) is 35.5 Å². The van der Waals surface area contributed by atoms with Gasteiger partial charge in [0.2, 0.25) is 5.91 Å². The number of hydrogen-bond acceptors (Lipinski definition) is 3. The standard InChI is InChI=1S/C15H17N3OS/c19-15(16-7-11-8-17-18-9-11)10-20-14-5-4-12-2-1-3-13(12)6-14/h4-6,8-9H,1-3,7,10H2,(H,16,19)(H,17,18). The lowest BCUT2D eigenvalue weighted by molar-refractivity contribution is -0.118. The number of benzene rings is 1. The van der Waals surface area contributed by atoms with Crippen LogP contribution in [0, 0.1) is 0 Å². The normalized spacial score (nSPS) is 13.2. The molecule has 1 heterocycles. The Labute approximate surface area is 122 Å². The number of nitrogens with zero attached hydrogens (tertiary/aromatic N) is 1. The predicted octanol–water partition coefficient (Wildman–Crippen LogP) is 2.31. The Kier molecular flexibility index (Phi) is 4.06. The molecule has 0 aliphatic heterocycles. The highest BCUT2D eigenvalue weighted by Crippen LogP contribution is 2.27. The van der Waals surface area contributed by atoms with Crippen LogP contribution in [0.2, 0.25) is 0 Å². The Bertz CT molecular complexity index is 595. The van der Waals surface area contributed by atoms with Crippen LogP contribution < -0.4 is 5.32 Å². The summed E-state index contributed by atoms with van der Waals surface area (Å²) in [6, 6.07) is 6.56. The number of aromatic amines is 1. The van der Waals surface area contributed by atoms with Crippen molar-refractivity contribution < 1.29 is 4.79 Å². The third kappa shape index (κ3) is 3.22. The van der Waals surface area contributed by atoms with Crippen molar-refractivity contribution in [2.24, 2.45) is 0 Å². The SMILES string of the molecule is O=C(CSc1ccc2c(c1)CCC2)NCc1cn[nH]c1. The summed E-state index contributed by atoms with van der Waals surface area (Å²) in [4.78, 5) is 13.0. The molecule has 20 heavy (non-hydrogen) atoms. The Hall–Kier alpha value is -1.75. The van der Waals surface area contributed by atoms with E-state index in [2.05, 4.69) is 33.7 Å². The zero-order valence-corrected chi connectivity index (χ0v) is 12.0. The maximum atomic E-state index is 11.8. The molecular formula is C15H17N3OS. The number of H-pyrrole nitrogens is 1. The van der Waals surface area contributed by atoms with Gasteiger partial charge in [-0.25, -0.2) is 0 Å². The van der Waals surface area contributed by atoms with Gasteiger partial charge in [-0.3, -0.25) is 9.89 Å². The van der Waals surface area contributed by atoms with Crippen LogP contribution >= 0.6 is 11.8 Å². The average Bonchev–Trinajstić information content (AvgIpc) is 3.13. The second-order valence-corrected chi connectivity index (χ2v) is 6.00. The minimum absolute atomic E-state index is 0.0525. The van der Waals surface area contributed by atoms with Gasteiger partial charge < -0.3 is 5.32 Å². The van der Waals surface area contributed by atoms with E-state index in [1.165, 1.54) is 35.3 Å². The molecule has 0 bridgehead atoms. The average molecular weight is 287 g/mol. The van der Waals surface area contributed by atoms with Gasteiger partial charge in [0.15, 0.2) is 0 Å².